The van der Waals surface area contributed by atoms with E-state index in [-0.39, 0.29) is 6.79 Å². The second-order valence-electron chi connectivity index (χ2n) is 8.52. The molecule has 0 aromatic heterocycles. The standard InChI is InChI=1S/C33H26O5/c1-4-32(34)37-22-36-30-18-16-29(17-19-30)33(35)38-31-20-11-26(21-24(31)3)8-7-25-9-14-28(15-10-25)27-12-5-23(2)6-13-27/h4-6,9-21H,1,22H2,2-3H3. The van der Waals surface area contributed by atoms with Gasteiger partial charge in [0.2, 0.25) is 6.79 Å². The Bertz CT molecular complexity index is 1500. The maximum atomic E-state index is 12.6. The van der Waals surface area contributed by atoms with Crippen LogP contribution in [0.4, 0.5) is 0 Å². The lowest BCUT2D eigenvalue weighted by atomic mass is 10.0. The van der Waals surface area contributed by atoms with Gasteiger partial charge in [-0.2, -0.15) is 0 Å². The van der Waals surface area contributed by atoms with Gasteiger partial charge in [0.1, 0.15) is 11.5 Å². The number of benzene rings is 4. The van der Waals surface area contributed by atoms with Gasteiger partial charge in [-0.1, -0.05) is 60.4 Å². The van der Waals surface area contributed by atoms with Gasteiger partial charge in [0, 0.05) is 17.2 Å². The minimum atomic E-state index is -0.579. The summed E-state index contributed by atoms with van der Waals surface area (Å²) in [4.78, 5) is 23.6. The van der Waals surface area contributed by atoms with Crippen molar-refractivity contribution in [3.63, 3.8) is 0 Å². The highest BCUT2D eigenvalue weighted by Crippen LogP contribution is 2.22. The van der Waals surface area contributed by atoms with Crippen LogP contribution in [0.2, 0.25) is 0 Å². The molecule has 5 heteroatoms. The van der Waals surface area contributed by atoms with Crippen LogP contribution in [0.5, 0.6) is 11.5 Å². The lowest BCUT2D eigenvalue weighted by Crippen LogP contribution is -2.10. The highest BCUT2D eigenvalue weighted by Gasteiger charge is 2.11. The highest BCUT2D eigenvalue weighted by molar-refractivity contribution is 5.91. The molecule has 0 heterocycles. The molecule has 0 unspecified atom stereocenters. The molecule has 0 atom stereocenters. The predicted octanol–water partition coefficient (Wildman–Crippen LogP) is 6.65. The molecule has 0 fully saturated rings. The minimum Gasteiger partial charge on any atom is -0.457 e. The Kier molecular flexibility index (Phi) is 8.38. The van der Waals surface area contributed by atoms with Crippen molar-refractivity contribution < 1.29 is 23.8 Å². The van der Waals surface area contributed by atoms with Gasteiger partial charge in [-0.3, -0.25) is 0 Å². The van der Waals surface area contributed by atoms with E-state index in [4.69, 9.17) is 14.2 Å². The van der Waals surface area contributed by atoms with Crippen LogP contribution >= 0.6 is 0 Å². The van der Waals surface area contributed by atoms with E-state index in [0.717, 1.165) is 28.3 Å². The van der Waals surface area contributed by atoms with E-state index in [2.05, 4.69) is 61.7 Å². The average Bonchev–Trinajstić information content (AvgIpc) is 2.94. The van der Waals surface area contributed by atoms with Crippen molar-refractivity contribution in [2.75, 3.05) is 6.79 Å². The topological polar surface area (TPSA) is 61.8 Å². The maximum absolute atomic E-state index is 12.6. The molecule has 0 saturated heterocycles. The Balaban J connectivity index is 1.36. The summed E-state index contributed by atoms with van der Waals surface area (Å²) in [6, 6.07) is 28.4. The largest absolute Gasteiger partial charge is 0.457 e. The van der Waals surface area contributed by atoms with Gasteiger partial charge in [0.15, 0.2) is 0 Å². The molecule has 0 bridgehead atoms. The van der Waals surface area contributed by atoms with Crippen LogP contribution in [0.15, 0.2) is 104 Å². The van der Waals surface area contributed by atoms with E-state index in [0.29, 0.717) is 17.1 Å². The molecular weight excluding hydrogens is 476 g/mol. The van der Waals surface area contributed by atoms with Crippen LogP contribution in [0, 0.1) is 25.7 Å². The number of carbonyl (C=O) groups is 2. The number of hydrogen-bond donors (Lipinski definition) is 0. The van der Waals surface area contributed by atoms with Crippen LogP contribution in [0.1, 0.15) is 32.6 Å². The summed E-state index contributed by atoms with van der Waals surface area (Å²) in [5, 5.41) is 0. The van der Waals surface area contributed by atoms with E-state index in [9.17, 15) is 9.59 Å². The van der Waals surface area contributed by atoms with Gasteiger partial charge in [-0.05, 0) is 85.1 Å². The van der Waals surface area contributed by atoms with Crippen LogP contribution in [0.25, 0.3) is 11.1 Å². The molecule has 38 heavy (non-hydrogen) atoms. The predicted molar refractivity (Wildman–Crippen MR) is 147 cm³/mol. The van der Waals surface area contributed by atoms with Crippen molar-refractivity contribution in [1.29, 1.82) is 0 Å². The zero-order valence-corrected chi connectivity index (χ0v) is 21.2. The van der Waals surface area contributed by atoms with Crippen molar-refractivity contribution in [3.05, 3.63) is 131 Å². The van der Waals surface area contributed by atoms with E-state index < -0.39 is 11.9 Å². The SMILES string of the molecule is C=CC(=O)OCOc1ccc(C(=O)Oc2ccc(C#Cc3ccc(-c4ccc(C)cc4)cc3)cc2C)cc1. The quantitative estimate of drug-likeness (QED) is 0.0930. The lowest BCUT2D eigenvalue weighted by Gasteiger charge is -2.09. The molecule has 0 aliphatic heterocycles. The number of carbonyl (C=O) groups excluding carboxylic acids is 2. The third-order valence-corrected chi connectivity index (χ3v) is 5.68. The summed E-state index contributed by atoms with van der Waals surface area (Å²) in [6.07, 6.45) is 1.05. The number of hydrogen-bond acceptors (Lipinski definition) is 5. The monoisotopic (exact) mass is 502 g/mol. The van der Waals surface area contributed by atoms with Gasteiger partial charge in [0.25, 0.3) is 0 Å². The normalized spacial score (nSPS) is 10.1. The maximum Gasteiger partial charge on any atom is 0.343 e. The fraction of sp³-hybridized carbons (Fsp3) is 0.0909. The van der Waals surface area contributed by atoms with Crippen molar-refractivity contribution in [1.82, 2.24) is 0 Å². The number of esters is 2. The summed E-state index contributed by atoms with van der Waals surface area (Å²) in [5.41, 5.74) is 6.45. The Morgan fingerprint density at radius 2 is 1.39 bits per heavy atom. The Labute approximate surface area is 222 Å². The Morgan fingerprint density at radius 3 is 2.03 bits per heavy atom. The first-order chi connectivity index (χ1) is 18.4. The average molecular weight is 503 g/mol. The molecule has 0 amide bonds. The van der Waals surface area contributed by atoms with E-state index in [1.807, 2.05) is 31.2 Å². The van der Waals surface area contributed by atoms with Crippen LogP contribution in [-0.2, 0) is 9.53 Å². The first kappa shape index (κ1) is 26.0. The van der Waals surface area contributed by atoms with Crippen LogP contribution < -0.4 is 9.47 Å². The van der Waals surface area contributed by atoms with Gasteiger partial charge in [-0.15, -0.1) is 0 Å². The number of aryl methyl sites for hydroxylation is 2. The zero-order chi connectivity index (χ0) is 26.9. The van der Waals surface area contributed by atoms with E-state index >= 15 is 0 Å². The molecule has 0 N–H and O–H groups in total. The number of ether oxygens (including phenoxy) is 3. The molecule has 0 aliphatic rings. The molecular formula is C33H26O5. The highest BCUT2D eigenvalue weighted by atomic mass is 16.7. The Hall–Kier alpha value is -5.08. The smallest absolute Gasteiger partial charge is 0.343 e. The molecule has 0 radical (unpaired) electrons. The summed E-state index contributed by atoms with van der Waals surface area (Å²) in [7, 11) is 0. The molecule has 4 aromatic carbocycles. The molecule has 4 rings (SSSR count). The molecule has 4 aromatic rings. The van der Waals surface area contributed by atoms with Gasteiger partial charge in [-0.25, -0.2) is 9.59 Å². The molecule has 0 aliphatic carbocycles. The summed E-state index contributed by atoms with van der Waals surface area (Å²) in [6.45, 7) is 7.00. The third kappa shape index (κ3) is 6.99. The molecule has 0 spiro atoms. The van der Waals surface area contributed by atoms with Crippen molar-refractivity contribution in [2.24, 2.45) is 0 Å². The molecule has 5 nitrogen and oxygen atoms in total. The van der Waals surface area contributed by atoms with Crippen LogP contribution in [0.3, 0.4) is 0 Å². The fourth-order valence-electron chi connectivity index (χ4n) is 3.54. The second kappa shape index (κ2) is 12.2. The van der Waals surface area contributed by atoms with Crippen molar-refractivity contribution >= 4 is 11.9 Å². The summed E-state index contributed by atoms with van der Waals surface area (Å²) < 4.78 is 15.6. The van der Waals surface area contributed by atoms with Gasteiger partial charge in [0.05, 0.1) is 5.56 Å². The fourth-order valence-corrected chi connectivity index (χ4v) is 3.54. The Morgan fingerprint density at radius 1 is 0.789 bits per heavy atom. The third-order valence-electron chi connectivity index (χ3n) is 5.68. The van der Waals surface area contributed by atoms with E-state index in [1.54, 1.807) is 30.3 Å². The first-order valence-electron chi connectivity index (χ1n) is 12.0. The van der Waals surface area contributed by atoms with Crippen molar-refractivity contribution in [2.45, 2.75) is 13.8 Å². The zero-order valence-electron chi connectivity index (χ0n) is 21.2. The summed E-state index contributed by atoms with van der Waals surface area (Å²) >= 11 is 0. The first-order valence-corrected chi connectivity index (χ1v) is 12.0. The number of rotatable bonds is 7. The van der Waals surface area contributed by atoms with E-state index in [1.165, 1.54) is 11.1 Å². The van der Waals surface area contributed by atoms with Crippen LogP contribution in [-0.4, -0.2) is 18.7 Å². The van der Waals surface area contributed by atoms with Gasteiger partial charge >= 0.3 is 11.9 Å². The second-order valence-corrected chi connectivity index (χ2v) is 8.52. The minimum absolute atomic E-state index is 0.248. The molecule has 0 saturated carbocycles. The lowest BCUT2D eigenvalue weighted by molar-refractivity contribution is -0.144. The van der Waals surface area contributed by atoms with Gasteiger partial charge < -0.3 is 14.2 Å². The summed E-state index contributed by atoms with van der Waals surface area (Å²) in [5.74, 6) is 6.19. The van der Waals surface area contributed by atoms with Crippen molar-refractivity contribution in [3.8, 4) is 34.5 Å². The molecule has 188 valence electrons.